The van der Waals surface area contributed by atoms with E-state index in [-0.39, 0.29) is 29.9 Å². The van der Waals surface area contributed by atoms with E-state index in [9.17, 15) is 4.79 Å². The van der Waals surface area contributed by atoms with Gasteiger partial charge in [-0.15, -0.1) is 24.0 Å². The summed E-state index contributed by atoms with van der Waals surface area (Å²) in [4.78, 5) is 16.6. The van der Waals surface area contributed by atoms with Crippen LogP contribution in [0, 0.1) is 13.8 Å². The average molecular weight is 546 g/mol. The monoisotopic (exact) mass is 546 g/mol. The first kappa shape index (κ1) is 25.4. The van der Waals surface area contributed by atoms with Crippen LogP contribution in [0.1, 0.15) is 39.8 Å². The average Bonchev–Trinajstić information content (AvgIpc) is 3.13. The van der Waals surface area contributed by atoms with Crippen molar-refractivity contribution < 1.29 is 4.79 Å². The molecule has 3 aromatic rings. The van der Waals surface area contributed by atoms with Gasteiger partial charge < -0.3 is 16.0 Å². The summed E-state index contributed by atoms with van der Waals surface area (Å²) in [6.07, 6.45) is 0. The highest BCUT2D eigenvalue weighted by Gasteiger charge is 2.09. The largest absolute Gasteiger partial charge is 0.357 e. The second-order valence-electron chi connectivity index (χ2n) is 7.30. The van der Waals surface area contributed by atoms with Crippen molar-refractivity contribution in [2.24, 2.45) is 4.99 Å². The lowest BCUT2D eigenvalue weighted by Gasteiger charge is -2.15. The van der Waals surface area contributed by atoms with Crippen molar-refractivity contribution in [3.05, 3.63) is 82.7 Å². The molecule has 0 fully saturated rings. The third kappa shape index (κ3) is 6.56. The molecule has 3 N–H and O–H groups in total. The van der Waals surface area contributed by atoms with E-state index >= 15 is 0 Å². The number of benzene rings is 2. The number of nitrogens with one attached hydrogen (secondary N) is 3. The quantitative estimate of drug-likeness (QED) is 0.240. The zero-order valence-corrected chi connectivity index (χ0v) is 21.3. The van der Waals surface area contributed by atoms with E-state index in [1.54, 1.807) is 13.1 Å². The number of rotatable bonds is 7. The van der Waals surface area contributed by atoms with Crippen LogP contribution in [0.3, 0.4) is 0 Å². The molecule has 0 aliphatic carbocycles. The lowest BCUT2D eigenvalue weighted by atomic mass is 10.1. The van der Waals surface area contributed by atoms with E-state index in [2.05, 4.69) is 51.2 Å². The predicted octanol–water partition coefficient (Wildman–Crippen LogP) is 3.72. The van der Waals surface area contributed by atoms with Crippen LogP contribution in [0.5, 0.6) is 0 Å². The van der Waals surface area contributed by atoms with Crippen molar-refractivity contribution in [3.8, 4) is 5.69 Å². The van der Waals surface area contributed by atoms with Gasteiger partial charge >= 0.3 is 0 Å². The van der Waals surface area contributed by atoms with Gasteiger partial charge in [-0.05, 0) is 56.2 Å². The fraction of sp³-hybridized carbons (Fsp3) is 0.292. The van der Waals surface area contributed by atoms with Crippen LogP contribution in [0.15, 0.2) is 59.6 Å². The molecule has 0 saturated carbocycles. The number of amides is 1. The number of carbonyl (C=O) groups is 1. The van der Waals surface area contributed by atoms with Crippen LogP contribution < -0.4 is 16.0 Å². The summed E-state index contributed by atoms with van der Waals surface area (Å²) in [6.45, 7) is 7.93. The first-order chi connectivity index (χ1) is 15.0. The molecule has 1 amide bonds. The molecule has 0 atom stereocenters. The minimum Gasteiger partial charge on any atom is -0.357 e. The van der Waals surface area contributed by atoms with Crippen LogP contribution in [0.2, 0.25) is 0 Å². The van der Waals surface area contributed by atoms with Crippen molar-refractivity contribution in [2.75, 3.05) is 13.6 Å². The predicted molar refractivity (Wildman–Crippen MR) is 140 cm³/mol. The number of carbonyl (C=O) groups excluding carboxylic acids is 1. The number of halogens is 1. The molecule has 7 nitrogen and oxygen atoms in total. The number of aromatic nitrogens is 2. The minimum atomic E-state index is -0.100. The Morgan fingerprint density at radius 3 is 2.53 bits per heavy atom. The standard InChI is InChI=1S/C24H30N6O.HI/c1-5-26-24(27-15-19-9-8-11-20(14-19)23(31)25-4)28-16-21-10-6-7-12-22(21)30-18(3)13-17(2)29-30;/h6-14H,5,15-16H2,1-4H3,(H,25,31)(H2,26,27,28);1H. The first-order valence-corrected chi connectivity index (χ1v) is 10.5. The van der Waals surface area contributed by atoms with E-state index in [1.165, 1.54) is 0 Å². The topological polar surface area (TPSA) is 83.3 Å². The maximum Gasteiger partial charge on any atom is 0.251 e. The maximum atomic E-state index is 11.9. The summed E-state index contributed by atoms with van der Waals surface area (Å²) >= 11 is 0. The molecule has 3 rings (SSSR count). The van der Waals surface area contributed by atoms with Gasteiger partial charge in [0.25, 0.3) is 5.91 Å². The molecule has 8 heteroatoms. The molecule has 1 heterocycles. The maximum absolute atomic E-state index is 11.9. The van der Waals surface area contributed by atoms with E-state index in [4.69, 9.17) is 0 Å². The fourth-order valence-corrected chi connectivity index (χ4v) is 3.39. The number of hydrogen-bond donors (Lipinski definition) is 3. The lowest BCUT2D eigenvalue weighted by Crippen LogP contribution is -2.37. The van der Waals surface area contributed by atoms with Crippen LogP contribution in [-0.2, 0) is 13.1 Å². The Kier molecular flexibility index (Phi) is 9.70. The van der Waals surface area contributed by atoms with Gasteiger partial charge in [-0.1, -0.05) is 30.3 Å². The van der Waals surface area contributed by atoms with Crippen LogP contribution in [0.4, 0.5) is 0 Å². The Morgan fingerprint density at radius 1 is 1.06 bits per heavy atom. The summed E-state index contributed by atoms with van der Waals surface area (Å²) < 4.78 is 1.97. The van der Waals surface area contributed by atoms with Gasteiger partial charge in [0, 0.05) is 31.4 Å². The number of hydrogen-bond acceptors (Lipinski definition) is 3. The zero-order valence-electron chi connectivity index (χ0n) is 19.0. The van der Waals surface area contributed by atoms with Gasteiger partial charge in [-0.2, -0.15) is 5.10 Å². The second kappa shape index (κ2) is 12.2. The lowest BCUT2D eigenvalue weighted by molar-refractivity contribution is 0.0963. The van der Waals surface area contributed by atoms with Gasteiger partial charge in [-0.3, -0.25) is 4.79 Å². The molecule has 2 aromatic carbocycles. The molecule has 170 valence electrons. The Bertz CT molecular complexity index is 1080. The number of para-hydroxylation sites is 1. The van der Waals surface area contributed by atoms with E-state index in [1.807, 2.05) is 48.9 Å². The van der Waals surface area contributed by atoms with E-state index in [0.717, 1.165) is 40.7 Å². The first-order valence-electron chi connectivity index (χ1n) is 10.5. The van der Waals surface area contributed by atoms with Gasteiger partial charge in [-0.25, -0.2) is 9.67 Å². The molecule has 0 unspecified atom stereocenters. The number of aliphatic imine (C=N–C) groups is 1. The molecule has 0 spiro atoms. The van der Waals surface area contributed by atoms with Gasteiger partial charge in [0.1, 0.15) is 0 Å². The van der Waals surface area contributed by atoms with Gasteiger partial charge in [0.15, 0.2) is 5.96 Å². The van der Waals surface area contributed by atoms with Gasteiger partial charge in [0.2, 0.25) is 0 Å². The highest BCUT2D eigenvalue weighted by atomic mass is 127. The molecule has 0 aliphatic rings. The van der Waals surface area contributed by atoms with E-state index < -0.39 is 0 Å². The van der Waals surface area contributed by atoms with Crippen LogP contribution >= 0.6 is 24.0 Å². The third-order valence-electron chi connectivity index (χ3n) is 4.86. The molecular weight excluding hydrogens is 515 g/mol. The Balaban J connectivity index is 0.00000363. The molecule has 0 bridgehead atoms. The normalized spacial score (nSPS) is 10.9. The Labute approximate surface area is 206 Å². The molecule has 0 aliphatic heterocycles. The minimum absolute atomic E-state index is 0. The highest BCUT2D eigenvalue weighted by Crippen LogP contribution is 2.17. The van der Waals surface area contributed by atoms with Crippen LogP contribution in [0.25, 0.3) is 5.69 Å². The molecule has 32 heavy (non-hydrogen) atoms. The fourth-order valence-electron chi connectivity index (χ4n) is 3.39. The second-order valence-corrected chi connectivity index (χ2v) is 7.30. The van der Waals surface area contributed by atoms with Crippen LogP contribution in [-0.4, -0.2) is 35.2 Å². The smallest absolute Gasteiger partial charge is 0.251 e. The van der Waals surface area contributed by atoms with Crippen molar-refractivity contribution in [3.63, 3.8) is 0 Å². The van der Waals surface area contributed by atoms with Crippen molar-refractivity contribution in [1.29, 1.82) is 0 Å². The molecule has 0 saturated heterocycles. The van der Waals surface area contributed by atoms with Gasteiger partial charge in [0.05, 0.1) is 17.9 Å². The zero-order chi connectivity index (χ0) is 22.2. The summed E-state index contributed by atoms with van der Waals surface area (Å²) in [5, 5.41) is 14.0. The van der Waals surface area contributed by atoms with E-state index in [0.29, 0.717) is 18.7 Å². The highest BCUT2D eigenvalue weighted by molar-refractivity contribution is 14.0. The number of aryl methyl sites for hydroxylation is 2. The van der Waals surface area contributed by atoms with Crippen molar-refractivity contribution >= 4 is 35.8 Å². The summed E-state index contributed by atoms with van der Waals surface area (Å²) in [6, 6.07) is 17.8. The van der Waals surface area contributed by atoms with Crippen molar-refractivity contribution in [2.45, 2.75) is 33.9 Å². The molecular formula is C24H31IN6O. The molecule has 0 radical (unpaired) electrons. The number of nitrogens with zero attached hydrogens (tertiary/aromatic N) is 3. The third-order valence-corrected chi connectivity index (χ3v) is 4.86. The summed E-state index contributed by atoms with van der Waals surface area (Å²) in [5.41, 5.74) is 5.87. The Morgan fingerprint density at radius 2 is 1.84 bits per heavy atom. The van der Waals surface area contributed by atoms with Crippen molar-refractivity contribution in [1.82, 2.24) is 25.7 Å². The summed E-state index contributed by atoms with van der Waals surface area (Å²) in [7, 11) is 1.63. The Hall–Kier alpha value is -2.88. The SMILES string of the molecule is CCNC(=NCc1cccc(C(=O)NC)c1)NCc1ccccc1-n1nc(C)cc1C.I. The summed E-state index contributed by atoms with van der Waals surface area (Å²) in [5.74, 6) is 0.618. The number of guanidine groups is 1. The molecule has 1 aromatic heterocycles.